The van der Waals surface area contributed by atoms with Crippen molar-refractivity contribution in [1.29, 1.82) is 0 Å². The van der Waals surface area contributed by atoms with Crippen molar-refractivity contribution in [2.45, 2.75) is 25.8 Å². The van der Waals surface area contributed by atoms with Crippen LogP contribution in [-0.2, 0) is 11.2 Å². The molecule has 1 unspecified atom stereocenters. The standard InChI is InChI=1S/C19H22N4O2/c1-14(7-8-15-5-3-2-4-6-15)22-18(24)16-12-23(13-16)19(25)17-11-20-9-10-21-17/h2-6,9-11,14,16H,7-8,12-13H2,1H3,(H,22,24). The molecule has 1 saturated heterocycles. The molecule has 2 amide bonds. The molecule has 1 aromatic carbocycles. The monoisotopic (exact) mass is 338 g/mol. The van der Waals surface area contributed by atoms with Gasteiger partial charge in [0.25, 0.3) is 5.91 Å². The van der Waals surface area contributed by atoms with Crippen molar-refractivity contribution in [3.05, 3.63) is 60.2 Å². The number of hydrogen-bond donors (Lipinski definition) is 1. The van der Waals surface area contributed by atoms with Crippen LogP contribution in [0.3, 0.4) is 0 Å². The highest BCUT2D eigenvalue weighted by atomic mass is 16.2. The normalized spacial score (nSPS) is 15.3. The van der Waals surface area contributed by atoms with Gasteiger partial charge in [-0.05, 0) is 25.3 Å². The van der Waals surface area contributed by atoms with Crippen LogP contribution in [-0.4, -0.2) is 45.8 Å². The van der Waals surface area contributed by atoms with Crippen molar-refractivity contribution in [2.75, 3.05) is 13.1 Å². The fourth-order valence-corrected chi connectivity index (χ4v) is 2.84. The molecule has 0 radical (unpaired) electrons. The van der Waals surface area contributed by atoms with Crippen LogP contribution in [0.15, 0.2) is 48.9 Å². The van der Waals surface area contributed by atoms with E-state index in [0.717, 1.165) is 12.8 Å². The third kappa shape index (κ3) is 4.41. The molecule has 3 rings (SSSR count). The molecule has 1 aliphatic heterocycles. The lowest BCUT2D eigenvalue weighted by molar-refractivity contribution is -0.129. The molecule has 25 heavy (non-hydrogen) atoms. The first-order valence-corrected chi connectivity index (χ1v) is 8.53. The van der Waals surface area contributed by atoms with Crippen molar-refractivity contribution >= 4 is 11.8 Å². The van der Waals surface area contributed by atoms with Crippen LogP contribution in [0.2, 0.25) is 0 Å². The number of carbonyl (C=O) groups is 2. The Labute approximate surface area is 147 Å². The lowest BCUT2D eigenvalue weighted by Gasteiger charge is -2.38. The number of likely N-dealkylation sites (tertiary alicyclic amines) is 1. The minimum absolute atomic E-state index is 0.0174. The van der Waals surface area contributed by atoms with Gasteiger partial charge in [-0.3, -0.25) is 14.6 Å². The number of nitrogens with one attached hydrogen (secondary N) is 1. The molecular weight excluding hydrogens is 316 g/mol. The highest BCUT2D eigenvalue weighted by Crippen LogP contribution is 2.18. The van der Waals surface area contributed by atoms with Crippen LogP contribution in [0.4, 0.5) is 0 Å². The second kappa shape index (κ2) is 7.88. The van der Waals surface area contributed by atoms with Gasteiger partial charge in [-0.15, -0.1) is 0 Å². The van der Waals surface area contributed by atoms with Gasteiger partial charge < -0.3 is 10.2 Å². The molecule has 6 heteroatoms. The Kier molecular flexibility index (Phi) is 5.38. The molecule has 0 saturated carbocycles. The van der Waals surface area contributed by atoms with Crippen LogP contribution in [0.25, 0.3) is 0 Å². The van der Waals surface area contributed by atoms with Gasteiger partial charge in [-0.2, -0.15) is 0 Å². The first kappa shape index (κ1) is 17.1. The van der Waals surface area contributed by atoms with Crippen molar-refractivity contribution in [3.63, 3.8) is 0 Å². The number of hydrogen-bond acceptors (Lipinski definition) is 4. The van der Waals surface area contributed by atoms with Gasteiger partial charge in [0.2, 0.25) is 5.91 Å². The average molecular weight is 338 g/mol. The topological polar surface area (TPSA) is 75.2 Å². The highest BCUT2D eigenvalue weighted by molar-refractivity contribution is 5.94. The van der Waals surface area contributed by atoms with Crippen LogP contribution in [0, 0.1) is 5.92 Å². The maximum atomic E-state index is 12.3. The van der Waals surface area contributed by atoms with E-state index >= 15 is 0 Å². The number of benzene rings is 1. The van der Waals surface area contributed by atoms with Crippen molar-refractivity contribution in [2.24, 2.45) is 5.92 Å². The molecule has 0 bridgehead atoms. The quantitative estimate of drug-likeness (QED) is 0.870. The van der Waals surface area contributed by atoms with Crippen molar-refractivity contribution < 1.29 is 9.59 Å². The first-order valence-electron chi connectivity index (χ1n) is 8.53. The number of aryl methyl sites for hydroxylation is 1. The second-order valence-corrected chi connectivity index (χ2v) is 6.43. The summed E-state index contributed by atoms with van der Waals surface area (Å²) in [5.74, 6) is -0.294. The average Bonchev–Trinajstić information content (AvgIpc) is 2.60. The van der Waals surface area contributed by atoms with E-state index < -0.39 is 0 Å². The molecule has 1 atom stereocenters. The van der Waals surface area contributed by atoms with E-state index in [0.29, 0.717) is 18.8 Å². The largest absolute Gasteiger partial charge is 0.353 e. The summed E-state index contributed by atoms with van der Waals surface area (Å²) in [6, 6.07) is 10.3. The minimum atomic E-state index is -0.172. The maximum Gasteiger partial charge on any atom is 0.274 e. The Morgan fingerprint density at radius 1 is 1.24 bits per heavy atom. The summed E-state index contributed by atoms with van der Waals surface area (Å²) in [5, 5.41) is 3.05. The van der Waals surface area contributed by atoms with Crippen LogP contribution in [0.1, 0.15) is 29.4 Å². The first-order chi connectivity index (χ1) is 12.1. The summed E-state index contributed by atoms with van der Waals surface area (Å²) < 4.78 is 0. The van der Waals surface area contributed by atoms with Crippen LogP contribution >= 0.6 is 0 Å². The van der Waals surface area contributed by atoms with Gasteiger partial charge in [0.05, 0.1) is 12.1 Å². The number of rotatable bonds is 6. The Morgan fingerprint density at radius 2 is 2.00 bits per heavy atom. The Balaban J connectivity index is 1.40. The summed E-state index contributed by atoms with van der Waals surface area (Å²) >= 11 is 0. The molecule has 1 fully saturated rings. The fraction of sp³-hybridized carbons (Fsp3) is 0.368. The molecule has 1 aromatic heterocycles. The van der Waals surface area contributed by atoms with E-state index in [1.165, 1.54) is 24.2 Å². The molecule has 0 spiro atoms. The zero-order chi connectivity index (χ0) is 17.6. The predicted molar refractivity (Wildman–Crippen MR) is 93.8 cm³/mol. The molecular formula is C19H22N4O2. The SMILES string of the molecule is CC(CCc1ccccc1)NC(=O)C1CN(C(=O)c2cnccn2)C1. The van der Waals surface area contributed by atoms with Crippen molar-refractivity contribution in [1.82, 2.24) is 20.2 Å². The number of nitrogens with zero attached hydrogens (tertiary/aromatic N) is 3. The van der Waals surface area contributed by atoms with Gasteiger partial charge in [-0.1, -0.05) is 30.3 Å². The van der Waals surface area contributed by atoms with Gasteiger partial charge in [-0.25, -0.2) is 4.98 Å². The third-order valence-corrected chi connectivity index (χ3v) is 4.42. The predicted octanol–water partition coefficient (Wildman–Crippen LogP) is 1.69. The second-order valence-electron chi connectivity index (χ2n) is 6.43. The zero-order valence-electron chi connectivity index (χ0n) is 14.3. The number of amides is 2. The Morgan fingerprint density at radius 3 is 2.68 bits per heavy atom. The highest BCUT2D eigenvalue weighted by Gasteiger charge is 2.36. The summed E-state index contributed by atoms with van der Waals surface area (Å²) in [7, 11) is 0. The van der Waals surface area contributed by atoms with E-state index in [1.807, 2.05) is 25.1 Å². The Bertz CT molecular complexity index is 715. The third-order valence-electron chi connectivity index (χ3n) is 4.42. The van der Waals surface area contributed by atoms with E-state index in [1.54, 1.807) is 4.90 Å². The zero-order valence-corrected chi connectivity index (χ0v) is 14.3. The smallest absolute Gasteiger partial charge is 0.274 e. The van der Waals surface area contributed by atoms with Gasteiger partial charge in [0.15, 0.2) is 0 Å². The molecule has 2 heterocycles. The van der Waals surface area contributed by atoms with E-state index in [9.17, 15) is 9.59 Å². The maximum absolute atomic E-state index is 12.3. The van der Waals surface area contributed by atoms with E-state index in [2.05, 4.69) is 27.4 Å². The van der Waals surface area contributed by atoms with Gasteiger partial charge in [0.1, 0.15) is 5.69 Å². The molecule has 0 aliphatic carbocycles. The van der Waals surface area contributed by atoms with Gasteiger partial charge >= 0.3 is 0 Å². The molecule has 130 valence electrons. The molecule has 1 aliphatic rings. The van der Waals surface area contributed by atoms with E-state index in [4.69, 9.17) is 0 Å². The lowest BCUT2D eigenvalue weighted by Crippen LogP contribution is -2.56. The molecule has 6 nitrogen and oxygen atoms in total. The van der Waals surface area contributed by atoms with E-state index in [-0.39, 0.29) is 23.8 Å². The molecule has 1 N–H and O–H groups in total. The van der Waals surface area contributed by atoms with Crippen LogP contribution in [0.5, 0.6) is 0 Å². The molecule has 2 aromatic rings. The number of aromatic nitrogens is 2. The summed E-state index contributed by atoms with van der Waals surface area (Å²) in [4.78, 5) is 34.0. The lowest BCUT2D eigenvalue weighted by atomic mass is 9.97. The van der Waals surface area contributed by atoms with Gasteiger partial charge in [0, 0.05) is 31.5 Å². The Hall–Kier alpha value is -2.76. The summed E-state index contributed by atoms with van der Waals surface area (Å²) in [5.41, 5.74) is 1.59. The number of carbonyl (C=O) groups excluding carboxylic acids is 2. The summed E-state index contributed by atoms with van der Waals surface area (Å²) in [6.07, 6.45) is 6.29. The summed E-state index contributed by atoms with van der Waals surface area (Å²) in [6.45, 7) is 2.89. The fourth-order valence-electron chi connectivity index (χ4n) is 2.84. The minimum Gasteiger partial charge on any atom is -0.353 e. The van der Waals surface area contributed by atoms with Crippen LogP contribution < -0.4 is 5.32 Å². The van der Waals surface area contributed by atoms with Crippen molar-refractivity contribution in [3.8, 4) is 0 Å².